The maximum atomic E-state index is 12.2. The third-order valence-corrected chi connectivity index (χ3v) is 3.97. The number of nitrogens with one attached hydrogen (secondary N) is 1. The molecule has 1 N–H and O–H groups in total. The van der Waals surface area contributed by atoms with Crippen LogP contribution in [-0.2, 0) is 4.74 Å². The molecular weight excluding hydrogens is 294 g/mol. The summed E-state index contributed by atoms with van der Waals surface area (Å²) in [6, 6.07) is 3.42. The van der Waals surface area contributed by atoms with Crippen molar-refractivity contribution in [3.05, 3.63) is 18.3 Å². The molecule has 1 aromatic heterocycles. The minimum atomic E-state index is -0.0856. The van der Waals surface area contributed by atoms with E-state index in [1.165, 1.54) is 0 Å². The van der Waals surface area contributed by atoms with Gasteiger partial charge in [0, 0.05) is 25.8 Å². The van der Waals surface area contributed by atoms with Gasteiger partial charge in [-0.1, -0.05) is 13.8 Å². The van der Waals surface area contributed by atoms with E-state index in [1.54, 1.807) is 25.4 Å². The smallest absolute Gasteiger partial charge is 0.321 e. The van der Waals surface area contributed by atoms with Gasteiger partial charge in [-0.05, 0) is 31.2 Å². The fraction of sp³-hybridized carbons (Fsp3) is 0.647. The molecule has 0 bridgehead atoms. The average molecular weight is 321 g/mol. The minimum Gasteiger partial charge on any atom is -0.481 e. The lowest BCUT2D eigenvalue weighted by Crippen LogP contribution is -2.43. The first kappa shape index (κ1) is 17.5. The summed E-state index contributed by atoms with van der Waals surface area (Å²) >= 11 is 0. The standard InChI is InChI=1S/C17H27N3O3/c1-13(2)8-11-23-15-6-9-20(10-7-15)17(21)19-14-4-5-16(22-3)18-12-14/h4-5,12-13,15H,6-11H2,1-3H3,(H,19,21). The van der Waals surface area contributed by atoms with Gasteiger partial charge in [-0.3, -0.25) is 0 Å². The molecule has 1 saturated heterocycles. The molecule has 6 heteroatoms. The van der Waals surface area contributed by atoms with Crippen LogP contribution in [0.4, 0.5) is 10.5 Å². The SMILES string of the molecule is COc1ccc(NC(=O)N2CCC(OCCC(C)C)CC2)cn1. The van der Waals surface area contributed by atoms with E-state index in [-0.39, 0.29) is 12.1 Å². The van der Waals surface area contributed by atoms with Crippen molar-refractivity contribution in [2.75, 3.05) is 32.1 Å². The van der Waals surface area contributed by atoms with Gasteiger partial charge in [0.1, 0.15) is 0 Å². The number of ether oxygens (including phenoxy) is 2. The number of urea groups is 1. The van der Waals surface area contributed by atoms with Crippen LogP contribution in [0.3, 0.4) is 0 Å². The highest BCUT2D eigenvalue weighted by Crippen LogP contribution is 2.17. The van der Waals surface area contributed by atoms with E-state index in [0.29, 0.717) is 17.5 Å². The summed E-state index contributed by atoms with van der Waals surface area (Å²) in [4.78, 5) is 18.2. The van der Waals surface area contributed by atoms with E-state index in [0.717, 1.165) is 39.0 Å². The Balaban J connectivity index is 1.72. The number of piperidine rings is 1. The number of anilines is 1. The molecule has 1 aliphatic heterocycles. The topological polar surface area (TPSA) is 63.7 Å². The molecule has 1 aliphatic rings. The normalized spacial score (nSPS) is 15.7. The number of nitrogens with zero attached hydrogens (tertiary/aromatic N) is 2. The number of amides is 2. The van der Waals surface area contributed by atoms with Crippen molar-refractivity contribution in [2.24, 2.45) is 5.92 Å². The number of rotatable bonds is 6. The molecule has 0 radical (unpaired) electrons. The second-order valence-electron chi connectivity index (χ2n) is 6.26. The Bertz CT molecular complexity index is 482. The Kier molecular flexibility index (Phi) is 6.65. The van der Waals surface area contributed by atoms with Gasteiger partial charge in [0.25, 0.3) is 0 Å². The van der Waals surface area contributed by atoms with Crippen LogP contribution in [0.25, 0.3) is 0 Å². The first-order valence-corrected chi connectivity index (χ1v) is 8.26. The molecule has 0 aromatic carbocycles. The molecule has 2 amide bonds. The van der Waals surface area contributed by atoms with Gasteiger partial charge in [0.15, 0.2) is 0 Å². The number of likely N-dealkylation sites (tertiary alicyclic amines) is 1. The molecule has 2 heterocycles. The minimum absolute atomic E-state index is 0.0856. The molecule has 23 heavy (non-hydrogen) atoms. The number of methoxy groups -OCH3 is 1. The van der Waals surface area contributed by atoms with Crippen LogP contribution < -0.4 is 10.1 Å². The molecule has 2 rings (SSSR count). The lowest BCUT2D eigenvalue weighted by atomic mass is 10.1. The van der Waals surface area contributed by atoms with Crippen molar-refractivity contribution < 1.29 is 14.3 Å². The molecule has 0 unspecified atom stereocenters. The zero-order valence-corrected chi connectivity index (χ0v) is 14.2. The van der Waals surface area contributed by atoms with Crippen molar-refractivity contribution in [3.8, 4) is 5.88 Å². The van der Waals surface area contributed by atoms with Crippen LogP contribution in [0.1, 0.15) is 33.1 Å². The fourth-order valence-electron chi connectivity index (χ4n) is 2.47. The van der Waals surface area contributed by atoms with Crippen LogP contribution in [-0.4, -0.2) is 48.8 Å². The highest BCUT2D eigenvalue weighted by molar-refractivity contribution is 5.89. The first-order chi connectivity index (χ1) is 11.1. The van der Waals surface area contributed by atoms with Crippen LogP contribution in [0.15, 0.2) is 18.3 Å². The Morgan fingerprint density at radius 3 is 2.70 bits per heavy atom. The molecule has 1 aromatic rings. The van der Waals surface area contributed by atoms with Crippen LogP contribution >= 0.6 is 0 Å². The first-order valence-electron chi connectivity index (χ1n) is 8.26. The number of aromatic nitrogens is 1. The van der Waals surface area contributed by atoms with Gasteiger partial charge in [0.2, 0.25) is 5.88 Å². The zero-order chi connectivity index (χ0) is 16.7. The number of hydrogen-bond acceptors (Lipinski definition) is 4. The molecule has 6 nitrogen and oxygen atoms in total. The fourth-order valence-corrected chi connectivity index (χ4v) is 2.47. The van der Waals surface area contributed by atoms with E-state index in [4.69, 9.17) is 9.47 Å². The predicted octanol–water partition coefficient (Wildman–Crippen LogP) is 3.15. The summed E-state index contributed by atoms with van der Waals surface area (Å²) in [7, 11) is 1.56. The van der Waals surface area contributed by atoms with Gasteiger partial charge < -0.3 is 19.7 Å². The average Bonchev–Trinajstić information content (AvgIpc) is 2.56. The Morgan fingerprint density at radius 1 is 1.39 bits per heavy atom. The largest absolute Gasteiger partial charge is 0.481 e. The van der Waals surface area contributed by atoms with E-state index in [9.17, 15) is 4.79 Å². The summed E-state index contributed by atoms with van der Waals surface area (Å²) in [6.07, 6.45) is 4.75. The van der Waals surface area contributed by atoms with Gasteiger partial charge in [0.05, 0.1) is 25.1 Å². The lowest BCUT2D eigenvalue weighted by molar-refractivity contribution is 0.0112. The van der Waals surface area contributed by atoms with Crippen molar-refractivity contribution in [1.82, 2.24) is 9.88 Å². The predicted molar refractivity (Wildman–Crippen MR) is 89.8 cm³/mol. The van der Waals surface area contributed by atoms with Gasteiger partial charge in [-0.15, -0.1) is 0 Å². The van der Waals surface area contributed by atoms with Gasteiger partial charge in [-0.2, -0.15) is 0 Å². The van der Waals surface area contributed by atoms with Crippen LogP contribution in [0.5, 0.6) is 5.88 Å². The Morgan fingerprint density at radius 2 is 2.13 bits per heavy atom. The number of carbonyl (C=O) groups is 1. The van der Waals surface area contributed by atoms with Crippen molar-refractivity contribution in [1.29, 1.82) is 0 Å². The van der Waals surface area contributed by atoms with Crippen LogP contribution in [0.2, 0.25) is 0 Å². The summed E-state index contributed by atoms with van der Waals surface area (Å²) in [6.45, 7) is 6.66. The quantitative estimate of drug-likeness (QED) is 0.874. The molecule has 0 saturated carbocycles. The molecule has 128 valence electrons. The zero-order valence-electron chi connectivity index (χ0n) is 14.2. The monoisotopic (exact) mass is 321 g/mol. The molecular formula is C17H27N3O3. The van der Waals surface area contributed by atoms with E-state index in [1.807, 2.05) is 4.90 Å². The summed E-state index contributed by atoms with van der Waals surface area (Å²) in [5.74, 6) is 1.20. The highest BCUT2D eigenvalue weighted by Gasteiger charge is 2.23. The number of pyridine rings is 1. The third kappa shape index (κ3) is 5.71. The molecule has 0 atom stereocenters. The van der Waals surface area contributed by atoms with Crippen molar-refractivity contribution in [2.45, 2.75) is 39.2 Å². The van der Waals surface area contributed by atoms with E-state index in [2.05, 4.69) is 24.1 Å². The van der Waals surface area contributed by atoms with Crippen LogP contribution in [0, 0.1) is 5.92 Å². The Labute approximate surface area is 138 Å². The highest BCUT2D eigenvalue weighted by atomic mass is 16.5. The summed E-state index contributed by atoms with van der Waals surface area (Å²) < 4.78 is 10.9. The molecule has 0 aliphatic carbocycles. The number of hydrogen-bond donors (Lipinski definition) is 1. The van der Waals surface area contributed by atoms with Crippen molar-refractivity contribution >= 4 is 11.7 Å². The van der Waals surface area contributed by atoms with Gasteiger partial charge >= 0.3 is 6.03 Å². The second kappa shape index (κ2) is 8.72. The van der Waals surface area contributed by atoms with Crippen molar-refractivity contribution in [3.63, 3.8) is 0 Å². The van der Waals surface area contributed by atoms with E-state index >= 15 is 0 Å². The Hall–Kier alpha value is -1.82. The van der Waals surface area contributed by atoms with E-state index < -0.39 is 0 Å². The lowest BCUT2D eigenvalue weighted by Gasteiger charge is -2.32. The molecule has 0 spiro atoms. The summed E-state index contributed by atoms with van der Waals surface area (Å²) in [5, 5.41) is 2.86. The third-order valence-electron chi connectivity index (χ3n) is 3.97. The maximum Gasteiger partial charge on any atom is 0.321 e. The number of carbonyl (C=O) groups excluding carboxylic acids is 1. The summed E-state index contributed by atoms with van der Waals surface area (Å²) in [5.41, 5.74) is 0.672. The molecule has 1 fully saturated rings. The second-order valence-corrected chi connectivity index (χ2v) is 6.26. The maximum absolute atomic E-state index is 12.2. The van der Waals surface area contributed by atoms with Gasteiger partial charge in [-0.25, -0.2) is 9.78 Å².